The van der Waals surface area contributed by atoms with Crippen molar-refractivity contribution in [1.82, 2.24) is 9.55 Å². The Kier molecular flexibility index (Phi) is 6.98. The largest absolute Gasteiger partial charge is 0.385 e. The molecule has 2 aromatic heterocycles. The van der Waals surface area contributed by atoms with E-state index in [1.807, 2.05) is 40.6 Å². The lowest BCUT2D eigenvalue weighted by atomic mass is 10.1. The van der Waals surface area contributed by atoms with Crippen LogP contribution in [0.1, 0.15) is 41.3 Å². The van der Waals surface area contributed by atoms with Crippen molar-refractivity contribution < 1.29 is 9.53 Å². The second-order valence-electron chi connectivity index (χ2n) is 7.24. The number of aromatic nitrogens is 2. The van der Waals surface area contributed by atoms with Crippen LogP contribution >= 0.6 is 34.9 Å². The number of hydrogen-bond acceptors (Lipinski definition) is 7. The molecule has 5 nitrogen and oxygen atoms in total. The molecule has 1 aliphatic rings. The van der Waals surface area contributed by atoms with E-state index in [1.165, 1.54) is 9.77 Å². The molecular weight excluding hydrogens is 436 g/mol. The quantitative estimate of drug-likeness (QED) is 0.203. The molecule has 1 aromatic carbocycles. The molecule has 0 fully saturated rings. The third kappa shape index (κ3) is 4.51. The van der Waals surface area contributed by atoms with Gasteiger partial charge >= 0.3 is 0 Å². The van der Waals surface area contributed by atoms with Crippen molar-refractivity contribution in [3.63, 3.8) is 0 Å². The summed E-state index contributed by atoms with van der Waals surface area (Å²) in [6, 6.07) is 7.66. The van der Waals surface area contributed by atoms with Gasteiger partial charge in [0.05, 0.1) is 9.60 Å². The summed E-state index contributed by atoms with van der Waals surface area (Å²) in [6.45, 7) is 2.77. The number of Topliss-reactive ketones (excluding diaryl/α,β-unsaturated/α-hetero) is 1. The maximum atomic E-state index is 13.5. The number of ether oxygens (including phenoxy) is 1. The molecule has 0 radical (unpaired) electrons. The van der Waals surface area contributed by atoms with Crippen LogP contribution in [0.25, 0.3) is 10.2 Å². The molecule has 3 aromatic rings. The Morgan fingerprint density at radius 1 is 1.37 bits per heavy atom. The smallest absolute Gasteiger partial charge is 0.263 e. The first-order valence-electron chi connectivity index (χ1n) is 9.99. The zero-order valence-electron chi connectivity index (χ0n) is 17.1. The zero-order chi connectivity index (χ0) is 21.1. The van der Waals surface area contributed by atoms with Gasteiger partial charge in [-0.05, 0) is 49.1 Å². The van der Waals surface area contributed by atoms with Gasteiger partial charge in [0.1, 0.15) is 4.83 Å². The van der Waals surface area contributed by atoms with Crippen LogP contribution in [0.15, 0.2) is 38.4 Å². The molecule has 0 saturated heterocycles. The maximum absolute atomic E-state index is 13.5. The van der Waals surface area contributed by atoms with E-state index in [2.05, 4.69) is 0 Å². The van der Waals surface area contributed by atoms with Crippen molar-refractivity contribution in [2.75, 3.05) is 19.5 Å². The van der Waals surface area contributed by atoms with E-state index >= 15 is 0 Å². The predicted molar refractivity (Wildman–Crippen MR) is 125 cm³/mol. The van der Waals surface area contributed by atoms with E-state index in [0.717, 1.165) is 46.0 Å². The minimum Gasteiger partial charge on any atom is -0.385 e. The number of hydrogen-bond donors (Lipinski definition) is 0. The van der Waals surface area contributed by atoms with Crippen molar-refractivity contribution in [1.29, 1.82) is 0 Å². The second kappa shape index (κ2) is 9.68. The summed E-state index contributed by atoms with van der Waals surface area (Å²) < 4.78 is 8.26. The molecule has 8 heteroatoms. The molecule has 3 heterocycles. The SMILES string of the molecule is COCCCn1c(SCc2cccc(C(C)=O)c2)nc2sc3c(c2c1=O)CCCS3. The lowest BCUT2D eigenvalue weighted by Crippen LogP contribution is -2.24. The highest BCUT2D eigenvalue weighted by Crippen LogP contribution is 2.40. The van der Waals surface area contributed by atoms with Crippen molar-refractivity contribution in [3.8, 4) is 0 Å². The van der Waals surface area contributed by atoms with E-state index in [4.69, 9.17) is 9.72 Å². The molecule has 0 spiro atoms. The molecule has 4 rings (SSSR count). The van der Waals surface area contributed by atoms with Crippen LogP contribution in [0.5, 0.6) is 0 Å². The van der Waals surface area contributed by atoms with E-state index in [9.17, 15) is 9.59 Å². The Morgan fingerprint density at radius 2 is 2.23 bits per heavy atom. The molecule has 158 valence electrons. The minimum absolute atomic E-state index is 0.0551. The van der Waals surface area contributed by atoms with Gasteiger partial charge in [-0.1, -0.05) is 30.0 Å². The zero-order valence-corrected chi connectivity index (χ0v) is 19.6. The van der Waals surface area contributed by atoms with Gasteiger partial charge in [-0.15, -0.1) is 23.1 Å². The van der Waals surface area contributed by atoms with Gasteiger partial charge in [0, 0.05) is 31.6 Å². The van der Waals surface area contributed by atoms with E-state index < -0.39 is 0 Å². The number of carbonyl (C=O) groups is 1. The van der Waals surface area contributed by atoms with Crippen LogP contribution < -0.4 is 5.56 Å². The van der Waals surface area contributed by atoms with Crippen molar-refractivity contribution >= 4 is 50.9 Å². The third-order valence-electron chi connectivity index (χ3n) is 5.07. The fraction of sp³-hybridized carbons (Fsp3) is 0.409. The number of thiophene rings is 1. The highest BCUT2D eigenvalue weighted by atomic mass is 32.2. The van der Waals surface area contributed by atoms with E-state index in [-0.39, 0.29) is 11.3 Å². The molecule has 0 unspecified atom stereocenters. The lowest BCUT2D eigenvalue weighted by Gasteiger charge is -2.13. The summed E-state index contributed by atoms with van der Waals surface area (Å²) in [5.74, 6) is 1.82. The Balaban J connectivity index is 1.70. The number of benzene rings is 1. The van der Waals surface area contributed by atoms with Crippen LogP contribution in [0.3, 0.4) is 0 Å². The summed E-state index contributed by atoms with van der Waals surface area (Å²) in [5.41, 5.74) is 3.01. The molecule has 0 saturated carbocycles. The number of fused-ring (bicyclic) bond motifs is 3. The number of nitrogens with zero attached hydrogens (tertiary/aromatic N) is 2. The number of methoxy groups -OCH3 is 1. The lowest BCUT2D eigenvalue weighted by molar-refractivity contribution is 0.101. The maximum Gasteiger partial charge on any atom is 0.263 e. The number of aryl methyl sites for hydroxylation is 1. The Labute approximate surface area is 188 Å². The summed E-state index contributed by atoms with van der Waals surface area (Å²) in [7, 11) is 1.67. The molecular formula is C22H24N2O3S3. The van der Waals surface area contributed by atoms with Crippen molar-refractivity contribution in [3.05, 3.63) is 51.3 Å². The van der Waals surface area contributed by atoms with Crippen molar-refractivity contribution in [2.45, 2.75) is 47.8 Å². The van der Waals surface area contributed by atoms with Crippen LogP contribution in [0.2, 0.25) is 0 Å². The fourth-order valence-corrected chi connectivity index (χ4v) is 7.10. The summed E-state index contributed by atoms with van der Waals surface area (Å²) >= 11 is 5.04. The first-order chi connectivity index (χ1) is 14.6. The first-order valence-corrected chi connectivity index (χ1v) is 12.8. The average molecular weight is 461 g/mol. The summed E-state index contributed by atoms with van der Waals surface area (Å²) in [5, 5.41) is 1.54. The topological polar surface area (TPSA) is 61.2 Å². The molecule has 30 heavy (non-hydrogen) atoms. The normalized spacial score (nSPS) is 13.5. The Morgan fingerprint density at radius 3 is 3.03 bits per heavy atom. The average Bonchev–Trinajstić information content (AvgIpc) is 3.13. The number of thioether (sulfide) groups is 2. The molecule has 1 aliphatic heterocycles. The fourth-order valence-electron chi connectivity index (χ4n) is 3.56. The van der Waals surface area contributed by atoms with Gasteiger partial charge in [-0.25, -0.2) is 4.98 Å². The van der Waals surface area contributed by atoms with Crippen LogP contribution in [-0.4, -0.2) is 34.8 Å². The third-order valence-corrected chi connectivity index (χ3v) is 8.65. The molecule has 0 atom stereocenters. The molecule has 0 bridgehead atoms. The van der Waals surface area contributed by atoms with Gasteiger partial charge in [0.25, 0.3) is 5.56 Å². The molecule has 0 amide bonds. The van der Waals surface area contributed by atoms with Gasteiger partial charge in [0.2, 0.25) is 0 Å². The molecule has 0 aliphatic carbocycles. The van der Waals surface area contributed by atoms with E-state index in [0.29, 0.717) is 24.5 Å². The van der Waals surface area contributed by atoms with E-state index in [1.54, 1.807) is 37.1 Å². The first kappa shape index (κ1) is 21.6. The number of ketones is 1. The second-order valence-corrected chi connectivity index (χ2v) is 10.5. The number of carbonyl (C=O) groups excluding carboxylic acids is 1. The standard InChI is InChI=1S/C22H24N2O3S3/c1-14(25)16-7-3-6-15(12-16)13-29-22-23-19-18(17-8-4-11-28-21(17)30-19)20(26)24(22)9-5-10-27-2/h3,6-7,12H,4-5,8-11,13H2,1-2H3. The Bertz CT molecular complexity index is 1140. The van der Waals surface area contributed by atoms with Gasteiger partial charge < -0.3 is 4.74 Å². The van der Waals surface area contributed by atoms with Crippen LogP contribution in [0, 0.1) is 0 Å². The van der Waals surface area contributed by atoms with Gasteiger partial charge in [0.15, 0.2) is 10.9 Å². The monoisotopic (exact) mass is 460 g/mol. The minimum atomic E-state index is 0.0551. The number of rotatable bonds is 8. The van der Waals surface area contributed by atoms with Gasteiger partial charge in [-0.3, -0.25) is 14.2 Å². The van der Waals surface area contributed by atoms with Crippen LogP contribution in [0.4, 0.5) is 0 Å². The Hall–Kier alpha value is -1.61. The van der Waals surface area contributed by atoms with Crippen molar-refractivity contribution in [2.24, 2.45) is 0 Å². The molecule has 0 N–H and O–H groups in total. The predicted octanol–water partition coefficient (Wildman–Crippen LogP) is 5.03. The summed E-state index contributed by atoms with van der Waals surface area (Å²) in [6.07, 6.45) is 2.83. The summed E-state index contributed by atoms with van der Waals surface area (Å²) in [4.78, 5) is 30.9. The van der Waals surface area contributed by atoms with Gasteiger partial charge in [-0.2, -0.15) is 0 Å². The highest BCUT2D eigenvalue weighted by Gasteiger charge is 2.22. The highest BCUT2D eigenvalue weighted by molar-refractivity contribution is 8.01. The van der Waals surface area contributed by atoms with Crippen LogP contribution in [-0.2, 0) is 23.5 Å².